The second-order valence-electron chi connectivity index (χ2n) is 5.20. The van der Waals surface area contributed by atoms with E-state index in [1.54, 1.807) is 0 Å². The monoisotopic (exact) mass is 232 g/mol. The van der Waals surface area contributed by atoms with Gasteiger partial charge in [0.25, 0.3) is 0 Å². The van der Waals surface area contributed by atoms with Gasteiger partial charge in [-0.15, -0.1) is 0 Å². The molecule has 0 aromatic carbocycles. The minimum atomic E-state index is 0.447. The maximum atomic E-state index is 4.67. The Labute approximate surface area is 105 Å². The summed E-state index contributed by atoms with van der Waals surface area (Å²) in [5, 5.41) is 3.59. The number of aromatic nitrogens is 1. The quantitative estimate of drug-likeness (QED) is 0.838. The maximum Gasteiger partial charge on any atom is 0.0576 e. The number of nitrogens with one attached hydrogen (secondary N) is 1. The third kappa shape index (κ3) is 3.53. The molecule has 1 fully saturated rings. The molecule has 17 heavy (non-hydrogen) atoms. The van der Waals surface area contributed by atoms with Crippen LogP contribution in [0.1, 0.15) is 56.5 Å². The average molecular weight is 232 g/mol. The highest BCUT2D eigenvalue weighted by Gasteiger charge is 2.21. The Balaban J connectivity index is 2.04. The molecular weight excluding hydrogens is 208 g/mol. The Bertz CT molecular complexity index is 343. The summed E-state index contributed by atoms with van der Waals surface area (Å²) in [6.45, 7) is 5.27. The van der Waals surface area contributed by atoms with E-state index in [9.17, 15) is 0 Å². The van der Waals surface area contributed by atoms with E-state index in [2.05, 4.69) is 42.3 Å². The van der Waals surface area contributed by atoms with Crippen LogP contribution < -0.4 is 5.32 Å². The van der Waals surface area contributed by atoms with Crippen LogP contribution in [-0.2, 0) is 0 Å². The van der Waals surface area contributed by atoms with E-state index in [-0.39, 0.29) is 0 Å². The summed E-state index contributed by atoms with van der Waals surface area (Å²) in [5.74, 6) is 0.904. The van der Waals surface area contributed by atoms with Crippen molar-refractivity contribution in [1.82, 2.24) is 10.3 Å². The van der Waals surface area contributed by atoms with Crippen molar-refractivity contribution in [3.8, 4) is 0 Å². The number of aryl methyl sites for hydroxylation is 1. The van der Waals surface area contributed by atoms with Gasteiger partial charge < -0.3 is 5.32 Å². The number of rotatable bonds is 5. The zero-order valence-corrected chi connectivity index (χ0v) is 11.1. The molecule has 1 unspecified atom stereocenters. The van der Waals surface area contributed by atoms with Crippen molar-refractivity contribution in [2.45, 2.75) is 52.0 Å². The van der Waals surface area contributed by atoms with Gasteiger partial charge in [-0.1, -0.05) is 38.7 Å². The van der Waals surface area contributed by atoms with E-state index in [1.165, 1.54) is 37.8 Å². The molecule has 1 saturated carbocycles. The van der Waals surface area contributed by atoms with E-state index >= 15 is 0 Å². The highest BCUT2D eigenvalue weighted by atomic mass is 14.9. The van der Waals surface area contributed by atoms with Gasteiger partial charge in [0, 0.05) is 11.7 Å². The molecule has 0 radical (unpaired) electrons. The second kappa shape index (κ2) is 6.15. The SMILES string of the molecule is CCNC(CC1CCCC1)c1cccc(C)n1. The first kappa shape index (κ1) is 12.6. The fraction of sp³-hybridized carbons (Fsp3) is 0.667. The summed E-state index contributed by atoms with van der Waals surface area (Å²) >= 11 is 0. The van der Waals surface area contributed by atoms with Gasteiger partial charge in [0.15, 0.2) is 0 Å². The van der Waals surface area contributed by atoms with Gasteiger partial charge >= 0.3 is 0 Å². The van der Waals surface area contributed by atoms with Crippen LogP contribution in [0.5, 0.6) is 0 Å². The molecule has 1 atom stereocenters. The molecule has 1 heterocycles. The molecule has 2 nitrogen and oxygen atoms in total. The van der Waals surface area contributed by atoms with Crippen LogP contribution in [-0.4, -0.2) is 11.5 Å². The van der Waals surface area contributed by atoms with Gasteiger partial charge in [-0.2, -0.15) is 0 Å². The van der Waals surface area contributed by atoms with Gasteiger partial charge in [-0.25, -0.2) is 0 Å². The molecule has 0 amide bonds. The molecule has 1 aromatic rings. The first-order chi connectivity index (χ1) is 8.29. The van der Waals surface area contributed by atoms with Crippen molar-refractivity contribution in [2.24, 2.45) is 5.92 Å². The van der Waals surface area contributed by atoms with Crippen LogP contribution in [0.4, 0.5) is 0 Å². The normalized spacial score (nSPS) is 18.5. The lowest BCUT2D eigenvalue weighted by Gasteiger charge is -2.21. The van der Waals surface area contributed by atoms with Crippen LogP contribution >= 0.6 is 0 Å². The molecule has 1 aliphatic carbocycles. The summed E-state index contributed by atoms with van der Waals surface area (Å²) < 4.78 is 0. The number of nitrogens with zero attached hydrogens (tertiary/aromatic N) is 1. The number of hydrogen-bond acceptors (Lipinski definition) is 2. The van der Waals surface area contributed by atoms with E-state index in [0.29, 0.717) is 6.04 Å². The van der Waals surface area contributed by atoms with Crippen LogP contribution in [0.3, 0.4) is 0 Å². The van der Waals surface area contributed by atoms with Crippen LogP contribution in [0.2, 0.25) is 0 Å². The lowest BCUT2D eigenvalue weighted by atomic mass is 9.96. The molecule has 0 spiro atoms. The van der Waals surface area contributed by atoms with Gasteiger partial charge in [-0.05, 0) is 37.9 Å². The Kier molecular flexibility index (Phi) is 4.55. The predicted octanol–water partition coefficient (Wildman–Crippen LogP) is 3.62. The first-order valence-corrected chi connectivity index (χ1v) is 6.96. The lowest BCUT2D eigenvalue weighted by molar-refractivity contribution is 0.394. The van der Waals surface area contributed by atoms with Gasteiger partial charge in [0.05, 0.1) is 5.69 Å². The molecule has 0 saturated heterocycles. The van der Waals surface area contributed by atoms with Crippen molar-refractivity contribution in [3.05, 3.63) is 29.6 Å². The standard InChI is InChI=1S/C15H24N2/c1-3-16-15(11-13-8-4-5-9-13)14-10-6-7-12(2)17-14/h6-7,10,13,15-16H,3-5,8-9,11H2,1-2H3. The van der Waals surface area contributed by atoms with E-state index < -0.39 is 0 Å². The molecule has 2 rings (SSSR count). The van der Waals surface area contributed by atoms with Crippen molar-refractivity contribution < 1.29 is 0 Å². The smallest absolute Gasteiger partial charge is 0.0576 e. The fourth-order valence-electron chi connectivity index (χ4n) is 2.89. The highest BCUT2D eigenvalue weighted by Crippen LogP contribution is 2.32. The zero-order valence-electron chi connectivity index (χ0n) is 11.1. The molecular formula is C15H24N2. The zero-order chi connectivity index (χ0) is 12.1. The van der Waals surface area contributed by atoms with Crippen LogP contribution in [0.25, 0.3) is 0 Å². The Morgan fingerprint density at radius 2 is 2.12 bits per heavy atom. The Morgan fingerprint density at radius 3 is 2.76 bits per heavy atom. The number of pyridine rings is 1. The minimum absolute atomic E-state index is 0.447. The van der Waals surface area contributed by atoms with E-state index in [4.69, 9.17) is 0 Å². The van der Waals surface area contributed by atoms with Crippen LogP contribution in [0, 0.1) is 12.8 Å². The van der Waals surface area contributed by atoms with Gasteiger partial charge in [0.1, 0.15) is 0 Å². The summed E-state index contributed by atoms with van der Waals surface area (Å²) in [6.07, 6.45) is 6.92. The lowest BCUT2D eigenvalue weighted by Crippen LogP contribution is -2.24. The predicted molar refractivity (Wildman–Crippen MR) is 72.0 cm³/mol. The van der Waals surface area contributed by atoms with E-state index in [1.807, 2.05) is 0 Å². The average Bonchev–Trinajstić information content (AvgIpc) is 2.81. The molecule has 0 bridgehead atoms. The van der Waals surface area contributed by atoms with Crippen molar-refractivity contribution >= 4 is 0 Å². The van der Waals surface area contributed by atoms with Crippen molar-refractivity contribution in [1.29, 1.82) is 0 Å². The fourth-order valence-corrected chi connectivity index (χ4v) is 2.89. The molecule has 0 aliphatic heterocycles. The second-order valence-corrected chi connectivity index (χ2v) is 5.20. The van der Waals surface area contributed by atoms with E-state index in [0.717, 1.165) is 18.2 Å². The topological polar surface area (TPSA) is 24.9 Å². The molecule has 1 aromatic heterocycles. The molecule has 2 heteroatoms. The largest absolute Gasteiger partial charge is 0.309 e. The molecule has 1 N–H and O–H groups in total. The third-order valence-electron chi connectivity index (χ3n) is 3.76. The van der Waals surface area contributed by atoms with Crippen molar-refractivity contribution in [2.75, 3.05) is 6.54 Å². The summed E-state index contributed by atoms with van der Waals surface area (Å²) in [7, 11) is 0. The van der Waals surface area contributed by atoms with Gasteiger partial charge in [-0.3, -0.25) is 4.98 Å². The Morgan fingerprint density at radius 1 is 1.35 bits per heavy atom. The Hall–Kier alpha value is -0.890. The first-order valence-electron chi connectivity index (χ1n) is 6.96. The molecule has 1 aliphatic rings. The van der Waals surface area contributed by atoms with Crippen LogP contribution in [0.15, 0.2) is 18.2 Å². The van der Waals surface area contributed by atoms with Gasteiger partial charge in [0.2, 0.25) is 0 Å². The summed E-state index contributed by atoms with van der Waals surface area (Å²) in [5.41, 5.74) is 2.34. The highest BCUT2D eigenvalue weighted by molar-refractivity contribution is 5.13. The summed E-state index contributed by atoms with van der Waals surface area (Å²) in [4.78, 5) is 4.67. The summed E-state index contributed by atoms with van der Waals surface area (Å²) in [6, 6.07) is 6.80. The third-order valence-corrected chi connectivity index (χ3v) is 3.76. The minimum Gasteiger partial charge on any atom is -0.309 e. The maximum absolute atomic E-state index is 4.67. The van der Waals surface area contributed by atoms with Crippen molar-refractivity contribution in [3.63, 3.8) is 0 Å². The number of hydrogen-bond donors (Lipinski definition) is 1. The molecule has 94 valence electrons.